The van der Waals surface area contributed by atoms with Crippen molar-refractivity contribution in [3.8, 4) is 6.07 Å². The van der Waals surface area contributed by atoms with Crippen molar-refractivity contribution in [2.24, 2.45) is 0 Å². The molecule has 78 valence electrons. The molecule has 0 bridgehead atoms. The summed E-state index contributed by atoms with van der Waals surface area (Å²) in [6.45, 7) is 5.77. The zero-order chi connectivity index (χ0) is 11.3. The van der Waals surface area contributed by atoms with Gasteiger partial charge in [0, 0.05) is 0 Å². The number of nitriles is 1. The maximum absolute atomic E-state index is 8.65. The van der Waals surface area contributed by atoms with Crippen LogP contribution in [0, 0.1) is 11.3 Å². The molecule has 0 N–H and O–H groups in total. The topological polar surface area (TPSA) is 41.6 Å². The highest BCUT2D eigenvalue weighted by Gasteiger charge is 2.14. The van der Waals surface area contributed by atoms with Gasteiger partial charge in [-0.25, -0.2) is 4.68 Å². The molecule has 0 saturated heterocycles. The van der Waals surface area contributed by atoms with Crippen LogP contribution in [-0.2, 0) is 0 Å². The zero-order valence-electron chi connectivity index (χ0n) is 8.05. The van der Waals surface area contributed by atoms with Gasteiger partial charge in [-0.3, -0.25) is 0 Å². The van der Waals surface area contributed by atoms with Crippen LogP contribution in [0.25, 0.3) is 0 Å². The van der Waals surface area contributed by atoms with Crippen LogP contribution in [0.5, 0.6) is 0 Å². The van der Waals surface area contributed by atoms with Crippen LogP contribution < -0.4 is 0 Å². The lowest BCUT2D eigenvalue weighted by atomic mass is 10.4. The maximum atomic E-state index is 8.65. The molecule has 0 spiro atoms. The molecule has 0 aromatic carbocycles. The second-order valence-electron chi connectivity index (χ2n) is 2.15. The molecule has 1 aromatic heterocycles. The van der Waals surface area contributed by atoms with Gasteiger partial charge >= 0.3 is 0 Å². The van der Waals surface area contributed by atoms with Crippen LogP contribution in [0.1, 0.15) is 26.8 Å². The van der Waals surface area contributed by atoms with Crippen LogP contribution >= 0.6 is 47.8 Å². The molecule has 14 heavy (non-hydrogen) atoms. The molecule has 1 rings (SSSR count). The van der Waals surface area contributed by atoms with Crippen molar-refractivity contribution in [2.75, 3.05) is 0 Å². The number of aromatic nitrogens is 2. The van der Waals surface area contributed by atoms with Crippen molar-refractivity contribution >= 4 is 47.8 Å². The van der Waals surface area contributed by atoms with Crippen LogP contribution in [0.2, 0.25) is 0 Å². The van der Waals surface area contributed by atoms with Gasteiger partial charge in [-0.15, -0.1) is 0 Å². The monoisotopic (exact) mass is 385 g/mol. The van der Waals surface area contributed by atoms with E-state index in [1.54, 1.807) is 11.6 Å². The first-order valence-corrected chi connectivity index (χ1v) is 6.44. The normalized spacial score (nSPS) is 11.2. The maximum Gasteiger partial charge on any atom is 0.143 e. The number of hydrogen-bond acceptors (Lipinski definition) is 2. The van der Waals surface area contributed by atoms with E-state index >= 15 is 0 Å². The van der Waals surface area contributed by atoms with E-state index in [1.165, 1.54) is 0 Å². The zero-order valence-corrected chi connectivity index (χ0v) is 12.8. The molecular formula is C8H10Br3N3. The molecule has 0 saturated carbocycles. The first kappa shape index (κ1) is 14.1. The van der Waals surface area contributed by atoms with E-state index in [0.717, 1.165) is 9.08 Å². The molecule has 6 heteroatoms. The number of rotatable bonds is 1. The van der Waals surface area contributed by atoms with Crippen LogP contribution in [0.3, 0.4) is 0 Å². The van der Waals surface area contributed by atoms with Gasteiger partial charge in [-0.05, 0) is 54.7 Å². The van der Waals surface area contributed by atoms with Crippen molar-refractivity contribution in [3.63, 3.8) is 0 Å². The number of halogens is 3. The Morgan fingerprint density at radius 2 is 1.86 bits per heavy atom. The molecule has 0 amide bonds. The van der Waals surface area contributed by atoms with E-state index in [-0.39, 0.29) is 6.04 Å². The molecule has 1 unspecified atom stereocenters. The molecule has 1 atom stereocenters. The van der Waals surface area contributed by atoms with Crippen molar-refractivity contribution in [1.29, 1.82) is 5.26 Å². The van der Waals surface area contributed by atoms with Gasteiger partial charge in [0.15, 0.2) is 0 Å². The standard InChI is InChI=1S/C6H4Br3N3.C2H6/c1-3(2-10)12-6(9)4(7)5(8)11-12;1-2/h3H,1H3;1-2H3. The Balaban J connectivity index is 0.000000791. The molecule has 0 aliphatic rings. The van der Waals surface area contributed by atoms with Gasteiger partial charge in [-0.2, -0.15) is 10.4 Å². The lowest BCUT2D eigenvalue weighted by Crippen LogP contribution is -2.04. The van der Waals surface area contributed by atoms with E-state index in [4.69, 9.17) is 5.26 Å². The Labute approximate surface area is 109 Å². The second-order valence-corrected chi connectivity index (χ2v) is 4.44. The van der Waals surface area contributed by atoms with Crippen molar-refractivity contribution < 1.29 is 0 Å². The molecule has 1 heterocycles. The second kappa shape index (κ2) is 6.59. The average Bonchev–Trinajstić information content (AvgIpc) is 2.48. The van der Waals surface area contributed by atoms with Gasteiger partial charge in [0.1, 0.15) is 15.2 Å². The molecule has 0 fully saturated rings. The van der Waals surface area contributed by atoms with Gasteiger partial charge in [0.25, 0.3) is 0 Å². The molecule has 0 aliphatic carbocycles. The van der Waals surface area contributed by atoms with Gasteiger partial charge in [0.2, 0.25) is 0 Å². The Kier molecular flexibility index (Phi) is 6.66. The van der Waals surface area contributed by atoms with Crippen molar-refractivity contribution in [3.05, 3.63) is 13.7 Å². The minimum Gasteiger partial charge on any atom is -0.239 e. The summed E-state index contributed by atoms with van der Waals surface area (Å²) < 4.78 is 3.87. The summed E-state index contributed by atoms with van der Waals surface area (Å²) in [6.07, 6.45) is 0. The third-order valence-electron chi connectivity index (χ3n) is 1.31. The summed E-state index contributed by atoms with van der Waals surface area (Å²) in [5.41, 5.74) is 0. The van der Waals surface area contributed by atoms with Crippen LogP contribution in [0.4, 0.5) is 0 Å². The largest absolute Gasteiger partial charge is 0.239 e. The van der Waals surface area contributed by atoms with E-state index in [0.29, 0.717) is 4.60 Å². The van der Waals surface area contributed by atoms with Crippen molar-refractivity contribution in [1.82, 2.24) is 9.78 Å². The fraction of sp³-hybridized carbons (Fsp3) is 0.500. The van der Waals surface area contributed by atoms with Gasteiger partial charge in [-0.1, -0.05) is 13.8 Å². The minimum atomic E-state index is -0.276. The molecular weight excluding hydrogens is 378 g/mol. The molecule has 1 aromatic rings. The Hall–Kier alpha value is 0.140. The first-order valence-electron chi connectivity index (χ1n) is 4.06. The van der Waals surface area contributed by atoms with Gasteiger partial charge < -0.3 is 0 Å². The van der Waals surface area contributed by atoms with Gasteiger partial charge in [0.05, 0.1) is 10.5 Å². The predicted molar refractivity (Wildman–Crippen MR) is 67.0 cm³/mol. The Morgan fingerprint density at radius 1 is 1.36 bits per heavy atom. The smallest absolute Gasteiger partial charge is 0.143 e. The van der Waals surface area contributed by atoms with E-state index < -0.39 is 0 Å². The van der Waals surface area contributed by atoms with Crippen molar-refractivity contribution in [2.45, 2.75) is 26.8 Å². The Bertz CT molecular complexity index is 340. The fourth-order valence-corrected chi connectivity index (χ4v) is 2.14. The Morgan fingerprint density at radius 3 is 2.14 bits per heavy atom. The third kappa shape index (κ3) is 3.07. The highest BCUT2D eigenvalue weighted by Crippen LogP contribution is 2.31. The van der Waals surface area contributed by atoms with E-state index in [2.05, 4.69) is 59.0 Å². The summed E-state index contributed by atoms with van der Waals surface area (Å²) in [7, 11) is 0. The lowest BCUT2D eigenvalue weighted by Gasteiger charge is -2.02. The molecule has 0 aliphatic heterocycles. The SMILES string of the molecule is CC.CC(C#N)n1nc(Br)c(Br)c1Br. The summed E-state index contributed by atoms with van der Waals surface area (Å²) in [4.78, 5) is 0. The minimum absolute atomic E-state index is 0.276. The van der Waals surface area contributed by atoms with E-state index in [9.17, 15) is 0 Å². The third-order valence-corrected chi connectivity index (χ3v) is 4.44. The lowest BCUT2D eigenvalue weighted by molar-refractivity contribution is 0.575. The summed E-state index contributed by atoms with van der Waals surface area (Å²) >= 11 is 9.87. The number of hydrogen-bond donors (Lipinski definition) is 0. The van der Waals surface area contributed by atoms with Crippen LogP contribution in [-0.4, -0.2) is 9.78 Å². The molecule has 3 nitrogen and oxygen atoms in total. The fourth-order valence-electron chi connectivity index (χ4n) is 0.679. The average molecular weight is 388 g/mol. The first-order chi connectivity index (χ1) is 6.57. The molecule has 0 radical (unpaired) electrons. The number of nitrogens with zero attached hydrogens (tertiary/aromatic N) is 3. The highest BCUT2D eigenvalue weighted by molar-refractivity contribution is 9.14. The highest BCUT2D eigenvalue weighted by atomic mass is 79.9. The predicted octanol–water partition coefficient (Wildman–Crippen LogP) is 4.28. The summed E-state index contributed by atoms with van der Waals surface area (Å²) in [5, 5.41) is 12.7. The summed E-state index contributed by atoms with van der Waals surface area (Å²) in [5.74, 6) is 0. The van der Waals surface area contributed by atoms with E-state index in [1.807, 2.05) is 13.8 Å². The van der Waals surface area contributed by atoms with Crippen LogP contribution in [0.15, 0.2) is 13.7 Å². The summed E-state index contributed by atoms with van der Waals surface area (Å²) in [6, 6.07) is 1.82. The quantitative estimate of drug-likeness (QED) is 0.721.